The molecule has 1 aliphatic rings. The van der Waals surface area contributed by atoms with E-state index in [4.69, 9.17) is 4.74 Å². The fourth-order valence-electron chi connectivity index (χ4n) is 1.90. The molecule has 0 amide bonds. The van der Waals surface area contributed by atoms with E-state index >= 15 is 0 Å². The Balaban J connectivity index is 2.70. The first-order valence-electron chi connectivity index (χ1n) is 5.20. The number of aliphatic hydroxyl groups excluding tert-OH is 1. The SMILES string of the molecule is CC(C)C[C@@H]1OC(=O)CC(C)(C)[C@H]1O. The minimum Gasteiger partial charge on any atom is -0.460 e. The maximum Gasteiger partial charge on any atom is 0.306 e. The van der Waals surface area contributed by atoms with Gasteiger partial charge in [-0.3, -0.25) is 4.79 Å². The highest BCUT2D eigenvalue weighted by Gasteiger charge is 2.43. The van der Waals surface area contributed by atoms with Gasteiger partial charge < -0.3 is 9.84 Å². The summed E-state index contributed by atoms with van der Waals surface area (Å²) in [6.45, 7) is 7.93. The Hall–Kier alpha value is -0.570. The number of rotatable bonds is 2. The van der Waals surface area contributed by atoms with E-state index in [0.29, 0.717) is 12.3 Å². The molecule has 3 nitrogen and oxygen atoms in total. The Bertz CT molecular complexity index is 221. The minimum atomic E-state index is -0.539. The third kappa shape index (κ3) is 2.47. The molecule has 1 heterocycles. The highest BCUT2D eigenvalue weighted by atomic mass is 16.6. The molecule has 14 heavy (non-hydrogen) atoms. The van der Waals surface area contributed by atoms with Crippen LogP contribution in [-0.2, 0) is 9.53 Å². The molecule has 0 saturated carbocycles. The fraction of sp³-hybridized carbons (Fsp3) is 0.909. The Kier molecular flexibility index (Phi) is 3.20. The van der Waals surface area contributed by atoms with E-state index in [1.807, 2.05) is 13.8 Å². The number of carbonyl (C=O) groups is 1. The maximum absolute atomic E-state index is 11.3. The first-order valence-corrected chi connectivity index (χ1v) is 5.20. The molecular formula is C11H20O3. The lowest BCUT2D eigenvalue weighted by molar-refractivity contribution is -0.181. The van der Waals surface area contributed by atoms with E-state index in [0.717, 1.165) is 6.42 Å². The number of hydrogen-bond donors (Lipinski definition) is 1. The van der Waals surface area contributed by atoms with E-state index < -0.39 is 6.10 Å². The van der Waals surface area contributed by atoms with Crippen LogP contribution in [0.3, 0.4) is 0 Å². The van der Waals surface area contributed by atoms with Gasteiger partial charge in [0.25, 0.3) is 0 Å². The molecule has 0 aromatic rings. The summed E-state index contributed by atoms with van der Waals surface area (Å²) in [5, 5.41) is 9.99. The Morgan fingerprint density at radius 3 is 2.64 bits per heavy atom. The van der Waals surface area contributed by atoms with Crippen LogP contribution in [0.5, 0.6) is 0 Å². The molecule has 0 radical (unpaired) electrons. The standard InChI is InChI=1S/C11H20O3/c1-7(2)5-8-10(13)11(3,4)6-9(12)14-8/h7-8,10,13H,5-6H2,1-4H3/t8-,10-/m0/s1. The van der Waals surface area contributed by atoms with Gasteiger partial charge in [-0.15, -0.1) is 0 Å². The highest BCUT2D eigenvalue weighted by molar-refractivity contribution is 5.71. The van der Waals surface area contributed by atoms with Crippen molar-refractivity contribution < 1.29 is 14.6 Å². The van der Waals surface area contributed by atoms with Gasteiger partial charge in [0, 0.05) is 5.41 Å². The second kappa shape index (κ2) is 3.89. The molecule has 0 aromatic carbocycles. The zero-order valence-corrected chi connectivity index (χ0v) is 9.41. The van der Waals surface area contributed by atoms with Gasteiger partial charge in [-0.1, -0.05) is 27.7 Å². The number of esters is 1. The van der Waals surface area contributed by atoms with Crippen molar-refractivity contribution in [1.29, 1.82) is 0 Å². The number of carbonyl (C=O) groups excluding carboxylic acids is 1. The molecule has 0 bridgehead atoms. The predicted molar refractivity (Wildman–Crippen MR) is 53.7 cm³/mol. The van der Waals surface area contributed by atoms with Gasteiger partial charge in [-0.05, 0) is 12.3 Å². The van der Waals surface area contributed by atoms with Crippen LogP contribution in [0.25, 0.3) is 0 Å². The van der Waals surface area contributed by atoms with Crippen molar-refractivity contribution in [2.24, 2.45) is 11.3 Å². The maximum atomic E-state index is 11.3. The third-order valence-electron chi connectivity index (χ3n) is 2.74. The third-order valence-corrected chi connectivity index (χ3v) is 2.74. The Labute approximate surface area is 85.5 Å². The summed E-state index contributed by atoms with van der Waals surface area (Å²) < 4.78 is 5.16. The summed E-state index contributed by atoms with van der Waals surface area (Å²) in [7, 11) is 0. The van der Waals surface area contributed by atoms with Crippen LogP contribution in [0, 0.1) is 11.3 Å². The van der Waals surface area contributed by atoms with E-state index in [1.54, 1.807) is 0 Å². The molecule has 0 spiro atoms. The van der Waals surface area contributed by atoms with Crippen molar-refractivity contribution in [2.75, 3.05) is 0 Å². The molecule has 1 N–H and O–H groups in total. The van der Waals surface area contributed by atoms with Crippen molar-refractivity contribution in [2.45, 2.75) is 52.7 Å². The fourth-order valence-corrected chi connectivity index (χ4v) is 1.90. The Morgan fingerprint density at radius 2 is 2.14 bits per heavy atom. The lowest BCUT2D eigenvalue weighted by Gasteiger charge is -2.40. The molecule has 0 aliphatic carbocycles. The monoisotopic (exact) mass is 200 g/mol. The number of ether oxygens (including phenoxy) is 1. The summed E-state index contributed by atoms with van der Waals surface area (Å²) in [6.07, 6.45) is 0.174. The zero-order chi connectivity index (χ0) is 10.9. The average molecular weight is 200 g/mol. The van der Waals surface area contributed by atoms with Gasteiger partial charge in [0.1, 0.15) is 6.10 Å². The van der Waals surface area contributed by atoms with Crippen molar-refractivity contribution in [3.63, 3.8) is 0 Å². The minimum absolute atomic E-state index is 0.189. The molecule has 1 rings (SSSR count). The van der Waals surface area contributed by atoms with Crippen LogP contribution in [-0.4, -0.2) is 23.3 Å². The number of hydrogen-bond acceptors (Lipinski definition) is 3. The van der Waals surface area contributed by atoms with Crippen LogP contribution in [0.2, 0.25) is 0 Å². The van der Waals surface area contributed by atoms with Crippen molar-refractivity contribution >= 4 is 5.97 Å². The summed E-state index contributed by atoms with van der Waals surface area (Å²) in [6, 6.07) is 0. The summed E-state index contributed by atoms with van der Waals surface area (Å²) in [5.41, 5.74) is -0.352. The molecule has 3 heteroatoms. The van der Waals surface area contributed by atoms with Gasteiger partial charge in [0.05, 0.1) is 12.5 Å². The molecular weight excluding hydrogens is 180 g/mol. The lowest BCUT2D eigenvalue weighted by Crippen LogP contribution is -2.48. The van der Waals surface area contributed by atoms with Crippen LogP contribution >= 0.6 is 0 Å². The zero-order valence-electron chi connectivity index (χ0n) is 9.41. The van der Waals surface area contributed by atoms with E-state index in [2.05, 4.69) is 13.8 Å². The van der Waals surface area contributed by atoms with Crippen LogP contribution in [0.4, 0.5) is 0 Å². The van der Waals surface area contributed by atoms with Gasteiger partial charge in [0.15, 0.2) is 0 Å². The van der Waals surface area contributed by atoms with Gasteiger partial charge in [-0.2, -0.15) is 0 Å². The van der Waals surface area contributed by atoms with E-state index in [9.17, 15) is 9.90 Å². The van der Waals surface area contributed by atoms with Gasteiger partial charge in [-0.25, -0.2) is 0 Å². The second-order valence-electron chi connectivity index (χ2n) is 5.27. The normalized spacial score (nSPS) is 31.7. The largest absolute Gasteiger partial charge is 0.460 e. The average Bonchev–Trinajstić information content (AvgIpc) is 1.97. The second-order valence-corrected chi connectivity index (χ2v) is 5.27. The van der Waals surface area contributed by atoms with E-state index in [-0.39, 0.29) is 17.5 Å². The Morgan fingerprint density at radius 1 is 1.57 bits per heavy atom. The first kappa shape index (κ1) is 11.5. The van der Waals surface area contributed by atoms with Crippen molar-refractivity contribution in [3.8, 4) is 0 Å². The molecule has 2 atom stereocenters. The summed E-state index contributed by atoms with van der Waals surface area (Å²) >= 11 is 0. The van der Waals surface area contributed by atoms with Crippen LogP contribution in [0.1, 0.15) is 40.5 Å². The van der Waals surface area contributed by atoms with Gasteiger partial charge in [0.2, 0.25) is 0 Å². The predicted octanol–water partition coefficient (Wildman–Crippen LogP) is 1.74. The highest BCUT2D eigenvalue weighted by Crippen LogP contribution is 2.35. The quantitative estimate of drug-likeness (QED) is 0.690. The molecule has 0 unspecified atom stereocenters. The van der Waals surface area contributed by atoms with Gasteiger partial charge >= 0.3 is 5.97 Å². The topological polar surface area (TPSA) is 46.5 Å². The van der Waals surface area contributed by atoms with Crippen molar-refractivity contribution in [1.82, 2.24) is 0 Å². The van der Waals surface area contributed by atoms with E-state index in [1.165, 1.54) is 0 Å². The molecule has 1 fully saturated rings. The smallest absolute Gasteiger partial charge is 0.306 e. The first-order chi connectivity index (χ1) is 6.33. The number of aliphatic hydroxyl groups is 1. The van der Waals surface area contributed by atoms with Crippen LogP contribution in [0.15, 0.2) is 0 Å². The molecule has 1 saturated heterocycles. The summed E-state index contributed by atoms with van der Waals surface area (Å²) in [4.78, 5) is 11.3. The molecule has 0 aromatic heterocycles. The van der Waals surface area contributed by atoms with Crippen LogP contribution < -0.4 is 0 Å². The molecule has 82 valence electrons. The van der Waals surface area contributed by atoms with Crippen molar-refractivity contribution in [3.05, 3.63) is 0 Å². The number of cyclic esters (lactones) is 1. The summed E-state index contributed by atoms with van der Waals surface area (Å²) in [5.74, 6) is 0.238. The molecule has 1 aliphatic heterocycles. The lowest BCUT2D eigenvalue weighted by atomic mass is 9.77.